The molecule has 9 heterocycles. The molecule has 0 fully saturated rings. The molecule has 0 amide bonds. The largest absolute Gasteiger partial charge is 3.00 e. The summed E-state index contributed by atoms with van der Waals surface area (Å²) >= 11 is 0. The van der Waals surface area contributed by atoms with Crippen molar-refractivity contribution in [3.05, 3.63) is 161 Å². The number of aliphatic hydroxyl groups excluding tert-OH is 2. The van der Waals surface area contributed by atoms with Crippen LogP contribution in [-0.2, 0) is 16.4 Å². The van der Waals surface area contributed by atoms with E-state index in [9.17, 15) is 0 Å². The zero-order chi connectivity index (χ0) is 48.0. The predicted octanol–water partition coefficient (Wildman–Crippen LogP) is -8.05. The SMILES string of the molecule is CO.CO.O=[N+]([O-])[O-].O=[N+]([O-])[O-].[Gd+3].[O-][Cl+3]([O-])([O-])[O-].[OH3+].[OH3+].[OH3+].c1cc(-n2cncn2)nc(-n2cncn2)c1.c1cc(-n2cncn2)nc(-n2cncn2)c1.c1cc(-n2cncn2)nc(-n2cncn2)c1. The second-order valence-corrected chi connectivity index (χ2v) is 10.7. The number of hydrogen-bond acceptors (Lipinski definition) is 27. The van der Waals surface area contributed by atoms with Crippen molar-refractivity contribution in [1.29, 1.82) is 0 Å². The van der Waals surface area contributed by atoms with E-state index in [4.69, 9.17) is 59.5 Å². The van der Waals surface area contributed by atoms with Crippen LogP contribution in [0.4, 0.5) is 0 Å². The molecule has 0 aliphatic rings. The molecular weight excluding hydrogens is 1100 g/mol. The van der Waals surface area contributed by atoms with E-state index in [-0.39, 0.29) is 56.4 Å². The van der Waals surface area contributed by atoms with Gasteiger partial charge < -0.3 is 57.3 Å². The number of rotatable bonds is 6. The minimum Gasteiger partial charge on any atom is -0.457 e. The number of aromatic nitrogens is 21. The number of pyridine rings is 3. The third kappa shape index (κ3) is 26.0. The third-order valence-corrected chi connectivity index (χ3v) is 6.08. The smallest absolute Gasteiger partial charge is 0.457 e. The number of hydrogen-bond donors (Lipinski definition) is 2. The molecular formula is C29H38ClGdN23O15+3. The van der Waals surface area contributed by atoms with Gasteiger partial charge in [-0.3, -0.25) is 0 Å². The molecule has 9 aromatic heterocycles. The fourth-order valence-electron chi connectivity index (χ4n) is 3.96. The first-order valence-corrected chi connectivity index (χ1v) is 17.7. The minimum atomic E-state index is -4.94. The van der Waals surface area contributed by atoms with Crippen LogP contribution in [0.3, 0.4) is 0 Å². The Morgan fingerprint density at radius 1 is 0.391 bits per heavy atom. The molecule has 11 N–H and O–H groups in total. The van der Waals surface area contributed by atoms with Crippen LogP contribution in [0.15, 0.2) is 131 Å². The molecule has 38 nitrogen and oxygen atoms in total. The van der Waals surface area contributed by atoms with Crippen molar-refractivity contribution in [2.75, 3.05) is 14.2 Å². The Labute approximate surface area is 417 Å². The Bertz CT molecular complexity index is 2160. The second-order valence-electron chi connectivity index (χ2n) is 9.93. The van der Waals surface area contributed by atoms with Crippen LogP contribution in [0.1, 0.15) is 0 Å². The van der Waals surface area contributed by atoms with E-state index in [0.29, 0.717) is 34.9 Å². The summed E-state index contributed by atoms with van der Waals surface area (Å²) < 4.78 is 43.5. The van der Waals surface area contributed by atoms with Crippen LogP contribution < -0.4 is 18.6 Å². The predicted molar refractivity (Wildman–Crippen MR) is 214 cm³/mol. The van der Waals surface area contributed by atoms with Crippen molar-refractivity contribution < 1.29 is 106 Å². The van der Waals surface area contributed by atoms with Crippen molar-refractivity contribution in [3.8, 4) is 34.9 Å². The molecule has 0 aliphatic heterocycles. The second kappa shape index (κ2) is 36.1. The van der Waals surface area contributed by atoms with Gasteiger partial charge in [0.25, 0.3) is 0 Å². The van der Waals surface area contributed by atoms with Gasteiger partial charge in [-0.15, -0.1) is 10.2 Å². The summed E-state index contributed by atoms with van der Waals surface area (Å²) in [6.45, 7) is 0. The zero-order valence-corrected chi connectivity index (χ0v) is 37.9. The van der Waals surface area contributed by atoms with Crippen LogP contribution in [-0.4, -0.2) is 138 Å². The maximum absolute atomic E-state index is 8.49. The summed E-state index contributed by atoms with van der Waals surface area (Å²) in [7, 11) is -2.94. The fraction of sp³-hybridized carbons (Fsp3) is 0.0690. The van der Waals surface area contributed by atoms with Gasteiger partial charge in [0.15, 0.2) is 34.9 Å². The Hall–Kier alpha value is -8.06. The maximum atomic E-state index is 8.49. The third-order valence-electron chi connectivity index (χ3n) is 6.08. The molecule has 9 aromatic rings. The normalized spacial score (nSPS) is 9.04. The van der Waals surface area contributed by atoms with Crippen molar-refractivity contribution in [3.63, 3.8) is 0 Å². The fourth-order valence-corrected chi connectivity index (χ4v) is 3.96. The quantitative estimate of drug-likeness (QED) is 0.0887. The van der Waals surface area contributed by atoms with Gasteiger partial charge in [-0.2, -0.15) is 30.6 Å². The van der Waals surface area contributed by atoms with Crippen LogP contribution in [0, 0.1) is 80.8 Å². The summed E-state index contributed by atoms with van der Waals surface area (Å²) in [6, 6.07) is 16.7. The summed E-state index contributed by atoms with van der Waals surface area (Å²) in [4.78, 5) is 52.8. The summed E-state index contributed by atoms with van der Waals surface area (Å²) in [5, 5.41) is 67.5. The van der Waals surface area contributed by atoms with Crippen molar-refractivity contribution in [2.24, 2.45) is 0 Å². The summed E-state index contributed by atoms with van der Waals surface area (Å²) in [5.74, 6) is 4.11. The van der Waals surface area contributed by atoms with Crippen molar-refractivity contribution in [2.45, 2.75) is 0 Å². The van der Waals surface area contributed by atoms with Crippen molar-refractivity contribution >= 4 is 0 Å². The molecule has 0 saturated carbocycles. The van der Waals surface area contributed by atoms with Crippen molar-refractivity contribution in [1.82, 2.24) is 104 Å². The topological polar surface area (TPSA) is 587 Å². The Kier molecular flexibility index (Phi) is 34.1. The van der Waals surface area contributed by atoms with Crippen LogP contribution in [0.2, 0.25) is 0 Å². The summed E-state index contributed by atoms with van der Waals surface area (Å²) in [6.07, 6.45) is 18.3. The van der Waals surface area contributed by atoms with Crippen LogP contribution in [0.25, 0.3) is 34.9 Å². The van der Waals surface area contributed by atoms with Gasteiger partial charge in [-0.1, -0.05) is 18.2 Å². The molecule has 0 spiro atoms. The van der Waals surface area contributed by atoms with Gasteiger partial charge >= 0.3 is 39.9 Å². The monoisotopic (exact) mass is 1140 g/mol. The van der Waals surface area contributed by atoms with E-state index < -0.39 is 20.4 Å². The first-order chi connectivity index (χ1) is 31.3. The average Bonchev–Trinajstić information content (AvgIpc) is 4.16. The van der Waals surface area contributed by atoms with E-state index in [2.05, 4.69) is 75.4 Å². The first-order valence-electron chi connectivity index (χ1n) is 16.4. The Morgan fingerprint density at radius 3 is 0.623 bits per heavy atom. The molecule has 0 aromatic carbocycles. The van der Waals surface area contributed by atoms with E-state index in [0.717, 1.165) is 14.2 Å². The average molecular weight is 1140 g/mol. The molecule has 0 saturated heterocycles. The Balaban J connectivity index is -0.000000794. The van der Waals surface area contributed by atoms with Gasteiger partial charge in [-0.25, -0.2) is 91.6 Å². The zero-order valence-electron chi connectivity index (χ0n) is 34.9. The Morgan fingerprint density at radius 2 is 0.522 bits per heavy atom. The number of aliphatic hydroxyl groups is 2. The van der Waals surface area contributed by atoms with Gasteiger partial charge in [0, 0.05) is 14.2 Å². The molecule has 0 unspecified atom stereocenters. The molecule has 0 bridgehead atoms. The van der Waals surface area contributed by atoms with E-state index in [1.807, 2.05) is 54.6 Å². The van der Waals surface area contributed by atoms with E-state index in [1.54, 1.807) is 66.1 Å². The number of halogens is 1. The number of nitrogens with zero attached hydrogens (tertiary/aromatic N) is 23. The molecule has 0 atom stereocenters. The van der Waals surface area contributed by atoms with Gasteiger partial charge in [0.1, 0.15) is 75.9 Å². The van der Waals surface area contributed by atoms with Gasteiger partial charge in [0.2, 0.25) is 0 Å². The van der Waals surface area contributed by atoms with Crippen LogP contribution >= 0.6 is 0 Å². The van der Waals surface area contributed by atoms with Gasteiger partial charge in [0.05, 0.1) is 10.2 Å². The van der Waals surface area contributed by atoms with E-state index in [1.165, 1.54) is 38.0 Å². The molecule has 371 valence electrons. The standard InChI is InChI=1S/3C9H7N7.2CH4O.ClHO4.Gd.2NO3.3H2O/c3*1-2-8(15-6-10-4-12-15)14-9(3-1)16-7-11-5-13-16;2*1-2;2-1(3,4)5;;2*2-1(3)4;;;/h3*1-7H;2*2H,1H3;(H,2,3,4,5);;;;3*1H2/q;;;;;;+3;2*-1;;;/p+2. The molecule has 1 radical (unpaired) electrons. The molecule has 69 heavy (non-hydrogen) atoms. The molecule has 40 heteroatoms. The minimum absolute atomic E-state index is 0. The van der Waals surface area contributed by atoms with Crippen LogP contribution in [0.5, 0.6) is 0 Å². The summed E-state index contributed by atoms with van der Waals surface area (Å²) in [5.41, 5.74) is 0. The maximum Gasteiger partial charge on any atom is 3.00 e. The van der Waals surface area contributed by atoms with E-state index >= 15 is 0 Å². The molecule has 9 rings (SSSR count). The first kappa shape index (κ1) is 65.2. The molecule has 0 aliphatic carbocycles. The van der Waals surface area contributed by atoms with Gasteiger partial charge in [-0.05, 0) is 36.4 Å².